The summed E-state index contributed by atoms with van der Waals surface area (Å²) in [5.74, 6) is 0. The summed E-state index contributed by atoms with van der Waals surface area (Å²) in [6, 6.07) is 0. The summed E-state index contributed by atoms with van der Waals surface area (Å²) < 4.78 is 17.4. The van der Waals surface area contributed by atoms with E-state index in [1.165, 1.54) is 7.74 Å². The molecular formula is H4B3F. The molecule has 0 aliphatic rings. The molecule has 0 N–H and O–H groups in total. The topological polar surface area (TPSA) is 0 Å². The molecule has 0 radical (unpaired) electrons. The van der Waals surface area contributed by atoms with Crippen molar-refractivity contribution in [3.63, 3.8) is 0 Å². The maximum Gasteiger partial charge on any atom is 0.281 e. The second-order valence-corrected chi connectivity index (χ2v) is 0.563. The molecule has 0 nitrogen and oxygen atoms in total. The average molecular weight is 56.5 g/mol. The first kappa shape index (κ1) is 2.37. The maximum absolute atomic E-state index is 10.9. The van der Waals surface area contributed by atoms with Crippen LogP contribution in [0.25, 0.3) is 0 Å². The molecule has 0 aliphatic heterocycles. The quantitative estimate of drug-likeness (QED) is 0.311. The zero-order valence-corrected chi connectivity index (χ0v) is 2.66. The molecule has 0 aliphatic carbocycles. The van der Waals surface area contributed by atoms with Gasteiger partial charge in [0, 0.05) is 0 Å². The first-order chi connectivity index (χ1) is 2.27. The molecule has 0 spiro atoms. The van der Waals surface area contributed by atoms with Gasteiger partial charge in [-0.25, -0.2) is 0 Å². The fourth-order valence-electron chi connectivity index (χ4n) is 0. The SMILES string of the molecule is [2H]B(B)BF. The van der Waals surface area contributed by atoms with Crippen molar-refractivity contribution in [2.24, 2.45) is 0 Å². The Labute approximate surface area is 29.0 Å². The molecule has 0 atom stereocenters. The highest BCUT2D eigenvalue weighted by atomic mass is 19.1. The molecule has 4 heteroatoms. The summed E-state index contributed by atoms with van der Waals surface area (Å²) in [6.07, 6.45) is 0. The third-order valence-corrected chi connectivity index (χ3v) is 0.154. The first-order valence-corrected chi connectivity index (χ1v) is 1.25. The molecule has 0 amide bonds. The van der Waals surface area contributed by atoms with Gasteiger partial charge in [-0.1, -0.05) is 0 Å². The van der Waals surface area contributed by atoms with Gasteiger partial charge in [0.25, 0.3) is 7.45 Å². The Hall–Kier alpha value is 0.125. The second-order valence-electron chi connectivity index (χ2n) is 0.563. The van der Waals surface area contributed by atoms with Gasteiger partial charge in [-0.3, -0.25) is 0 Å². The number of hydrogen-bond acceptors (Lipinski definition) is 0. The molecule has 0 rings (SSSR count). The summed E-state index contributed by atoms with van der Waals surface area (Å²) in [4.78, 5) is 0. The van der Waals surface area contributed by atoms with E-state index in [1.807, 2.05) is 0 Å². The Morgan fingerprint density at radius 3 is 2.50 bits per heavy atom. The van der Waals surface area contributed by atoms with Crippen LogP contribution >= 0.6 is 0 Å². The lowest BCUT2D eigenvalue weighted by molar-refractivity contribution is 0.893. The van der Waals surface area contributed by atoms with E-state index in [-0.39, 0.29) is 0 Å². The van der Waals surface area contributed by atoms with Gasteiger partial charge in [-0.2, -0.15) is 0 Å². The third kappa shape index (κ3) is 2.12. The lowest BCUT2D eigenvalue weighted by Crippen LogP contribution is -1.92. The van der Waals surface area contributed by atoms with Gasteiger partial charge in [0.2, 0.25) is 0 Å². The van der Waals surface area contributed by atoms with E-state index >= 15 is 0 Å². The van der Waals surface area contributed by atoms with Crippen LogP contribution in [0.3, 0.4) is 0 Å². The van der Waals surface area contributed by atoms with Crippen molar-refractivity contribution in [1.82, 2.24) is 0 Å². The predicted molar refractivity (Wildman–Crippen MR) is 23.9 cm³/mol. The highest BCUT2D eigenvalue weighted by Crippen LogP contribution is 1.42. The van der Waals surface area contributed by atoms with Crippen LogP contribution in [0.15, 0.2) is 0 Å². The molecule has 20 valence electrons. The van der Waals surface area contributed by atoms with E-state index < -0.39 is 14.5 Å². The second kappa shape index (κ2) is 3.12. The van der Waals surface area contributed by atoms with Crippen LogP contribution in [0.5, 0.6) is 0 Å². The Balaban J connectivity index is 2.54. The van der Waals surface area contributed by atoms with Crippen molar-refractivity contribution >= 4 is 22.2 Å². The van der Waals surface area contributed by atoms with Crippen molar-refractivity contribution in [3.05, 3.63) is 0 Å². The number of halogens is 1. The van der Waals surface area contributed by atoms with Crippen molar-refractivity contribution < 1.29 is 4.32 Å². The van der Waals surface area contributed by atoms with E-state index in [0.29, 0.717) is 0 Å². The maximum atomic E-state index is 10.9. The van der Waals surface area contributed by atoms with Crippen LogP contribution in [0.1, 0.15) is 0 Å². The molecule has 0 aromatic carbocycles. The minimum absolute atomic E-state index is 0.528. The molecule has 0 heterocycles. The Bertz CT molecular complexity index is 20.9. The summed E-state index contributed by atoms with van der Waals surface area (Å²) in [7, 11) is 0.454. The van der Waals surface area contributed by atoms with Crippen LogP contribution in [-0.2, 0) is 0 Å². The van der Waals surface area contributed by atoms with Gasteiger partial charge < -0.3 is 4.32 Å². The zero-order chi connectivity index (χ0) is 4.28. The molecular weight excluding hydrogens is 51.4 g/mol. The Kier molecular flexibility index (Phi) is 1.85. The molecule has 0 saturated heterocycles. The van der Waals surface area contributed by atoms with Crippen LogP contribution in [0.4, 0.5) is 4.32 Å². The number of hydrogen-bond donors (Lipinski definition) is 0. The van der Waals surface area contributed by atoms with E-state index in [0.717, 1.165) is 0 Å². The third-order valence-electron chi connectivity index (χ3n) is 0.154. The lowest BCUT2D eigenvalue weighted by Gasteiger charge is -1.54. The van der Waals surface area contributed by atoms with Crippen molar-refractivity contribution in [2.45, 2.75) is 0 Å². The minimum atomic E-state index is -0.532. The van der Waals surface area contributed by atoms with Crippen molar-refractivity contribution in [2.75, 3.05) is 0 Å². The minimum Gasteiger partial charge on any atom is -0.353 e. The average Bonchev–Trinajstić information content (AvgIpc) is 1.38. The summed E-state index contributed by atoms with van der Waals surface area (Å²) in [5.41, 5.74) is 0. The van der Waals surface area contributed by atoms with Crippen LogP contribution < -0.4 is 0 Å². The Morgan fingerprint density at radius 1 is 2.25 bits per heavy atom. The Morgan fingerprint density at radius 2 is 2.50 bits per heavy atom. The van der Waals surface area contributed by atoms with Gasteiger partial charge in [-0.15, -0.1) is 0 Å². The zero-order valence-electron chi connectivity index (χ0n) is 3.66. The van der Waals surface area contributed by atoms with Gasteiger partial charge in [0.05, 0.1) is 14.8 Å². The smallest absolute Gasteiger partial charge is 0.281 e. The van der Waals surface area contributed by atoms with Crippen LogP contribution in [0, 0.1) is 0 Å². The molecule has 0 bridgehead atoms. The van der Waals surface area contributed by atoms with Crippen molar-refractivity contribution in [3.8, 4) is 0 Å². The van der Waals surface area contributed by atoms with E-state index in [2.05, 4.69) is 0 Å². The van der Waals surface area contributed by atoms with Gasteiger partial charge in [0.15, 0.2) is 0 Å². The number of rotatable bonds is 1. The lowest BCUT2D eigenvalue weighted by atomic mass is 9.37. The van der Waals surface area contributed by atoms with Crippen LogP contribution in [0.2, 0.25) is 0 Å². The van der Waals surface area contributed by atoms with E-state index in [9.17, 15) is 4.32 Å². The van der Waals surface area contributed by atoms with E-state index in [4.69, 9.17) is 1.34 Å². The van der Waals surface area contributed by atoms with Gasteiger partial charge in [0.1, 0.15) is 0 Å². The standard InChI is InChI=1S/B3FH4/c1-2-3-4/h2-3H,1H2/i2D. The summed E-state index contributed by atoms with van der Waals surface area (Å²) in [6.45, 7) is 0. The molecule has 0 unspecified atom stereocenters. The fraction of sp³-hybridized carbons (Fsp3) is 0. The highest BCUT2D eigenvalue weighted by molar-refractivity contribution is 7.21. The molecule has 4 heavy (non-hydrogen) atoms. The molecule has 0 saturated carbocycles. The van der Waals surface area contributed by atoms with E-state index in [1.54, 1.807) is 0 Å². The summed E-state index contributed by atoms with van der Waals surface area (Å²) in [5, 5.41) is 0. The van der Waals surface area contributed by atoms with Crippen LogP contribution in [-0.4, -0.2) is 23.5 Å². The molecule has 0 aromatic heterocycles. The summed E-state index contributed by atoms with van der Waals surface area (Å²) >= 11 is 0. The predicted octanol–water partition coefficient (Wildman–Crippen LogP) is -1.79. The van der Waals surface area contributed by atoms with Crippen molar-refractivity contribution in [1.29, 1.82) is 1.34 Å². The molecule has 0 aromatic rings. The fourth-order valence-corrected chi connectivity index (χ4v) is 0. The largest absolute Gasteiger partial charge is 0.353 e. The normalized spacial score (nSPS) is 8.75. The monoisotopic (exact) mass is 57.1 g/mol. The van der Waals surface area contributed by atoms with Gasteiger partial charge >= 0.3 is 0 Å². The molecule has 0 fully saturated rings. The highest BCUT2D eigenvalue weighted by Gasteiger charge is 1.73. The first-order valence-electron chi connectivity index (χ1n) is 1.83. The van der Waals surface area contributed by atoms with Gasteiger partial charge in [-0.05, 0) is 1.34 Å².